The van der Waals surface area contributed by atoms with Gasteiger partial charge in [-0.05, 0) is 19.8 Å². The number of fused-ring (bicyclic) bond motifs is 1. The van der Waals surface area contributed by atoms with Crippen LogP contribution in [0.15, 0.2) is 18.3 Å². The fourth-order valence-corrected chi connectivity index (χ4v) is 2.97. The van der Waals surface area contributed by atoms with Gasteiger partial charge >= 0.3 is 0 Å². The highest BCUT2D eigenvalue weighted by molar-refractivity contribution is 5.77. The van der Waals surface area contributed by atoms with E-state index >= 15 is 0 Å². The molecule has 3 aromatic rings. The maximum absolute atomic E-state index is 14.2. The summed E-state index contributed by atoms with van der Waals surface area (Å²) >= 11 is 0. The largest absolute Gasteiger partial charge is 0.370 e. The minimum Gasteiger partial charge on any atom is -0.370 e. The molecule has 1 unspecified atom stereocenters. The van der Waals surface area contributed by atoms with Crippen molar-refractivity contribution in [2.45, 2.75) is 39.2 Å². The van der Waals surface area contributed by atoms with Crippen LogP contribution >= 0.6 is 0 Å². The summed E-state index contributed by atoms with van der Waals surface area (Å²) in [5.41, 5.74) is 5.49. The van der Waals surface area contributed by atoms with Gasteiger partial charge in [0.25, 0.3) is 0 Å². The number of anilines is 3. The summed E-state index contributed by atoms with van der Waals surface area (Å²) in [6.45, 7) is 4.46. The number of carbonyl (C=O) groups is 1. The molecule has 3 rings (SSSR count). The Bertz CT molecular complexity index is 1050. The fourth-order valence-electron chi connectivity index (χ4n) is 2.97. The van der Waals surface area contributed by atoms with Crippen LogP contribution in [0.2, 0.25) is 0 Å². The molecule has 0 aliphatic carbocycles. The van der Waals surface area contributed by atoms with Crippen LogP contribution in [0.5, 0.6) is 0 Å². The van der Waals surface area contributed by atoms with Crippen LogP contribution in [0.25, 0.3) is 11.2 Å². The Morgan fingerprint density at radius 3 is 2.57 bits per heavy atom. The van der Waals surface area contributed by atoms with Gasteiger partial charge in [-0.2, -0.15) is 4.98 Å². The molecule has 160 valence electrons. The first-order valence-corrected chi connectivity index (χ1v) is 9.48. The molecule has 1 atom stereocenters. The molecule has 11 heteroatoms. The van der Waals surface area contributed by atoms with Crippen molar-refractivity contribution in [2.24, 2.45) is 5.73 Å². The van der Waals surface area contributed by atoms with Gasteiger partial charge in [0.2, 0.25) is 17.8 Å². The highest BCUT2D eigenvalue weighted by atomic mass is 19.1. The van der Waals surface area contributed by atoms with Crippen molar-refractivity contribution in [1.29, 1.82) is 0 Å². The number of benzene rings is 1. The third-order valence-corrected chi connectivity index (χ3v) is 4.46. The summed E-state index contributed by atoms with van der Waals surface area (Å²) in [6, 6.07) is 0.800. The molecule has 0 spiro atoms. The zero-order chi connectivity index (χ0) is 21.8. The summed E-state index contributed by atoms with van der Waals surface area (Å²) in [5, 5.41) is 5.65. The number of hydrogen-bond donors (Lipinski definition) is 3. The average Bonchev–Trinajstić information content (AvgIpc) is 3.04. The summed E-state index contributed by atoms with van der Waals surface area (Å²) < 4.78 is 43.2. The Labute approximate surface area is 170 Å². The molecule has 1 amide bonds. The topological polar surface area (TPSA) is 111 Å². The average molecular weight is 421 g/mol. The van der Waals surface area contributed by atoms with E-state index in [0.717, 1.165) is 6.42 Å². The van der Waals surface area contributed by atoms with E-state index in [1.165, 1.54) is 6.20 Å². The lowest BCUT2D eigenvalue weighted by atomic mass is 10.2. The Hall–Kier alpha value is -3.37. The zero-order valence-corrected chi connectivity index (χ0v) is 16.5. The number of hydrogen-bond acceptors (Lipinski definition) is 6. The number of amides is 1. The summed E-state index contributed by atoms with van der Waals surface area (Å²) in [5.74, 6) is -3.26. The number of halogens is 3. The maximum Gasteiger partial charge on any atom is 0.224 e. The van der Waals surface area contributed by atoms with E-state index < -0.39 is 29.0 Å². The van der Waals surface area contributed by atoms with Crippen molar-refractivity contribution >= 4 is 34.7 Å². The van der Waals surface area contributed by atoms with Crippen molar-refractivity contribution in [1.82, 2.24) is 19.5 Å². The van der Waals surface area contributed by atoms with Crippen LogP contribution in [0.4, 0.5) is 30.8 Å². The first kappa shape index (κ1) is 21.3. The highest BCUT2D eigenvalue weighted by Crippen LogP contribution is 2.30. The summed E-state index contributed by atoms with van der Waals surface area (Å²) in [4.78, 5) is 24.2. The van der Waals surface area contributed by atoms with Crippen LogP contribution < -0.4 is 16.4 Å². The number of nitrogens with two attached hydrogens (primary N) is 1. The molecule has 0 aliphatic rings. The van der Waals surface area contributed by atoms with Gasteiger partial charge in [0.1, 0.15) is 17.0 Å². The fraction of sp³-hybridized carbons (Fsp3) is 0.368. The van der Waals surface area contributed by atoms with Crippen LogP contribution in [0, 0.1) is 17.5 Å². The number of primary amides is 1. The van der Waals surface area contributed by atoms with Gasteiger partial charge in [0, 0.05) is 31.1 Å². The SMILES string of the molecule is CCCNc1ncc2nc(Nc3c(F)cc(F)cc3F)n(C(C)CCC(N)=O)c2n1. The van der Waals surface area contributed by atoms with E-state index in [4.69, 9.17) is 5.73 Å². The van der Waals surface area contributed by atoms with Crippen molar-refractivity contribution in [3.8, 4) is 0 Å². The number of aromatic nitrogens is 4. The van der Waals surface area contributed by atoms with Crippen LogP contribution in [0.3, 0.4) is 0 Å². The molecule has 0 bridgehead atoms. The second-order valence-electron chi connectivity index (χ2n) is 6.86. The Morgan fingerprint density at radius 2 is 1.93 bits per heavy atom. The Morgan fingerprint density at radius 1 is 1.23 bits per heavy atom. The molecule has 8 nitrogen and oxygen atoms in total. The molecule has 2 heterocycles. The van der Waals surface area contributed by atoms with Crippen LogP contribution in [-0.4, -0.2) is 32.0 Å². The number of imidazole rings is 1. The van der Waals surface area contributed by atoms with Gasteiger partial charge in [-0.3, -0.25) is 9.36 Å². The van der Waals surface area contributed by atoms with E-state index in [1.807, 2.05) is 6.92 Å². The van der Waals surface area contributed by atoms with E-state index in [1.54, 1.807) is 11.5 Å². The molecule has 0 saturated carbocycles. The van der Waals surface area contributed by atoms with Crippen LogP contribution in [0.1, 0.15) is 39.2 Å². The lowest BCUT2D eigenvalue weighted by Crippen LogP contribution is -2.16. The number of rotatable bonds is 9. The molecule has 0 fully saturated rings. The lowest BCUT2D eigenvalue weighted by Gasteiger charge is -2.18. The van der Waals surface area contributed by atoms with Gasteiger partial charge in [-0.25, -0.2) is 23.1 Å². The predicted octanol–water partition coefficient (Wildman–Crippen LogP) is 3.64. The normalized spacial score (nSPS) is 12.2. The van der Waals surface area contributed by atoms with Gasteiger partial charge in [-0.1, -0.05) is 6.92 Å². The van der Waals surface area contributed by atoms with Crippen molar-refractivity contribution in [3.05, 3.63) is 35.8 Å². The molecule has 4 N–H and O–H groups in total. The quantitative estimate of drug-likeness (QED) is 0.487. The number of carbonyl (C=O) groups excluding carboxylic acids is 1. The maximum atomic E-state index is 14.2. The van der Waals surface area contributed by atoms with Gasteiger partial charge in [-0.15, -0.1) is 0 Å². The van der Waals surface area contributed by atoms with E-state index in [0.29, 0.717) is 42.2 Å². The lowest BCUT2D eigenvalue weighted by molar-refractivity contribution is -0.118. The molecule has 0 radical (unpaired) electrons. The molecule has 0 saturated heterocycles. The van der Waals surface area contributed by atoms with Gasteiger partial charge in [0.05, 0.1) is 6.20 Å². The zero-order valence-electron chi connectivity index (χ0n) is 16.5. The molecule has 30 heavy (non-hydrogen) atoms. The monoisotopic (exact) mass is 421 g/mol. The first-order valence-electron chi connectivity index (χ1n) is 9.48. The molecular formula is C19H22F3N7O. The second kappa shape index (κ2) is 8.97. The van der Waals surface area contributed by atoms with E-state index in [9.17, 15) is 18.0 Å². The van der Waals surface area contributed by atoms with Gasteiger partial charge < -0.3 is 16.4 Å². The molecule has 2 aromatic heterocycles. The minimum atomic E-state index is -1.10. The molecule has 1 aromatic carbocycles. The second-order valence-corrected chi connectivity index (χ2v) is 6.86. The highest BCUT2D eigenvalue weighted by Gasteiger charge is 2.21. The Kier molecular flexibility index (Phi) is 6.38. The van der Waals surface area contributed by atoms with Gasteiger partial charge in [0.15, 0.2) is 17.3 Å². The third-order valence-electron chi connectivity index (χ3n) is 4.46. The van der Waals surface area contributed by atoms with Crippen molar-refractivity contribution < 1.29 is 18.0 Å². The summed E-state index contributed by atoms with van der Waals surface area (Å²) in [6.07, 6.45) is 2.81. The van der Waals surface area contributed by atoms with E-state index in [2.05, 4.69) is 25.6 Å². The number of nitrogens with zero attached hydrogens (tertiary/aromatic N) is 4. The van der Waals surface area contributed by atoms with Crippen LogP contribution in [-0.2, 0) is 4.79 Å². The third kappa shape index (κ3) is 4.61. The van der Waals surface area contributed by atoms with E-state index in [-0.39, 0.29) is 18.4 Å². The standard InChI is InChI=1S/C19H22F3N7O/c1-3-6-24-18-25-9-14-17(28-18)29(10(2)4-5-15(23)30)19(26-14)27-16-12(21)7-11(20)8-13(16)22/h7-10H,3-6H2,1-2H3,(H2,23,30)(H,26,27)(H,24,25,28). The smallest absolute Gasteiger partial charge is 0.224 e. The predicted molar refractivity (Wildman–Crippen MR) is 107 cm³/mol. The minimum absolute atomic E-state index is 0.0771. The van der Waals surface area contributed by atoms with Crippen molar-refractivity contribution in [3.63, 3.8) is 0 Å². The number of nitrogens with one attached hydrogen (secondary N) is 2. The molecular weight excluding hydrogens is 399 g/mol. The summed E-state index contributed by atoms with van der Waals surface area (Å²) in [7, 11) is 0. The first-order chi connectivity index (χ1) is 14.3. The Balaban J connectivity index is 2.07. The molecule has 0 aliphatic heterocycles. The van der Waals surface area contributed by atoms with Crippen molar-refractivity contribution in [2.75, 3.05) is 17.2 Å².